The highest BCUT2D eigenvalue weighted by atomic mass is 16.6. The Morgan fingerprint density at radius 2 is 1.63 bits per heavy atom. The van der Waals surface area contributed by atoms with E-state index in [1.54, 1.807) is 20.8 Å². The molecular weight excluding hydrogens is 250 g/mol. The predicted octanol–water partition coefficient (Wildman–Crippen LogP) is 1.87. The highest BCUT2D eigenvalue weighted by Gasteiger charge is 2.50. The van der Waals surface area contributed by atoms with Crippen molar-refractivity contribution in [3.05, 3.63) is 0 Å². The van der Waals surface area contributed by atoms with Gasteiger partial charge in [-0.2, -0.15) is 0 Å². The van der Waals surface area contributed by atoms with Crippen LogP contribution in [0, 0.1) is 0 Å². The molecule has 1 aliphatic heterocycles. The SMILES string of the molecule is CC(C)(C)OC(=O)N1C[C@H](OC(C)(C)C)[C@@H]1C(=O)O. The maximum absolute atomic E-state index is 11.9. The number of rotatable bonds is 2. The quantitative estimate of drug-likeness (QED) is 0.831. The summed E-state index contributed by atoms with van der Waals surface area (Å²) < 4.78 is 10.8. The number of nitrogens with zero attached hydrogens (tertiary/aromatic N) is 1. The van der Waals surface area contributed by atoms with Gasteiger partial charge in [0, 0.05) is 0 Å². The first-order valence-electron chi connectivity index (χ1n) is 6.31. The monoisotopic (exact) mass is 273 g/mol. The van der Waals surface area contributed by atoms with Crippen molar-refractivity contribution >= 4 is 12.1 Å². The van der Waals surface area contributed by atoms with Crippen LogP contribution < -0.4 is 0 Å². The van der Waals surface area contributed by atoms with Crippen LogP contribution in [0.1, 0.15) is 41.5 Å². The van der Waals surface area contributed by atoms with Gasteiger partial charge in [-0.25, -0.2) is 9.59 Å². The third kappa shape index (κ3) is 4.38. The van der Waals surface area contributed by atoms with Gasteiger partial charge < -0.3 is 14.6 Å². The standard InChI is InChI=1S/C13H23NO5/c1-12(2,3)18-8-7-14(9(8)10(15)16)11(17)19-13(4,5)6/h8-9H,7H2,1-6H3,(H,15,16)/t8-,9+/m0/s1. The van der Waals surface area contributed by atoms with Gasteiger partial charge in [0.2, 0.25) is 0 Å². The van der Waals surface area contributed by atoms with E-state index in [1.807, 2.05) is 20.8 Å². The zero-order valence-corrected chi connectivity index (χ0v) is 12.4. The summed E-state index contributed by atoms with van der Waals surface area (Å²) in [7, 11) is 0. The van der Waals surface area contributed by atoms with Crippen LogP contribution in [-0.4, -0.2) is 52.0 Å². The molecule has 1 N–H and O–H groups in total. The second-order valence-corrected chi connectivity index (χ2v) is 6.68. The number of hydrogen-bond donors (Lipinski definition) is 1. The number of carboxylic acid groups (broad SMARTS) is 1. The lowest BCUT2D eigenvalue weighted by atomic mass is 9.99. The topological polar surface area (TPSA) is 76.1 Å². The van der Waals surface area contributed by atoms with E-state index < -0.39 is 35.4 Å². The lowest BCUT2D eigenvalue weighted by molar-refractivity contribution is -0.180. The van der Waals surface area contributed by atoms with Crippen LogP contribution >= 0.6 is 0 Å². The first-order chi connectivity index (χ1) is 8.41. The van der Waals surface area contributed by atoms with Crippen molar-refractivity contribution in [2.75, 3.05) is 6.54 Å². The number of likely N-dealkylation sites (tertiary alicyclic amines) is 1. The fourth-order valence-corrected chi connectivity index (χ4v) is 1.83. The molecule has 6 nitrogen and oxygen atoms in total. The zero-order valence-electron chi connectivity index (χ0n) is 12.4. The third-order valence-electron chi connectivity index (χ3n) is 2.45. The van der Waals surface area contributed by atoms with Gasteiger partial charge in [-0.05, 0) is 41.5 Å². The summed E-state index contributed by atoms with van der Waals surface area (Å²) in [6, 6.07) is -0.978. The minimum Gasteiger partial charge on any atom is -0.480 e. The van der Waals surface area contributed by atoms with Crippen LogP contribution in [0.15, 0.2) is 0 Å². The van der Waals surface area contributed by atoms with Gasteiger partial charge in [0.1, 0.15) is 11.7 Å². The Morgan fingerprint density at radius 1 is 1.11 bits per heavy atom. The van der Waals surface area contributed by atoms with Gasteiger partial charge in [-0.15, -0.1) is 0 Å². The molecule has 6 heteroatoms. The number of aliphatic carboxylic acids is 1. The molecular formula is C13H23NO5. The number of hydrogen-bond acceptors (Lipinski definition) is 4. The highest BCUT2D eigenvalue weighted by Crippen LogP contribution is 2.27. The van der Waals surface area contributed by atoms with Crippen molar-refractivity contribution in [3.63, 3.8) is 0 Å². The van der Waals surface area contributed by atoms with Crippen molar-refractivity contribution in [1.29, 1.82) is 0 Å². The number of carbonyl (C=O) groups is 2. The van der Waals surface area contributed by atoms with Gasteiger partial charge in [-0.3, -0.25) is 4.90 Å². The minimum atomic E-state index is -1.08. The molecule has 19 heavy (non-hydrogen) atoms. The van der Waals surface area contributed by atoms with Crippen LogP contribution in [0.3, 0.4) is 0 Å². The van der Waals surface area contributed by atoms with Crippen molar-refractivity contribution in [2.24, 2.45) is 0 Å². The Balaban J connectivity index is 2.69. The molecule has 0 saturated carbocycles. The lowest BCUT2D eigenvalue weighted by Crippen LogP contribution is -2.68. The Labute approximate surface area is 113 Å². The summed E-state index contributed by atoms with van der Waals surface area (Å²) >= 11 is 0. The van der Waals surface area contributed by atoms with Crippen LogP contribution in [0.25, 0.3) is 0 Å². The smallest absolute Gasteiger partial charge is 0.411 e. The predicted molar refractivity (Wildman–Crippen MR) is 69.0 cm³/mol. The van der Waals surface area contributed by atoms with Crippen molar-refractivity contribution in [3.8, 4) is 0 Å². The largest absolute Gasteiger partial charge is 0.480 e. The van der Waals surface area contributed by atoms with E-state index in [2.05, 4.69) is 0 Å². The molecule has 0 aliphatic carbocycles. The van der Waals surface area contributed by atoms with Crippen LogP contribution in [-0.2, 0) is 14.3 Å². The zero-order chi connectivity index (χ0) is 15.0. The molecule has 110 valence electrons. The molecule has 0 aromatic heterocycles. The Hall–Kier alpha value is -1.30. The first-order valence-corrected chi connectivity index (χ1v) is 6.31. The second-order valence-electron chi connectivity index (χ2n) is 6.68. The van der Waals surface area contributed by atoms with Crippen molar-refractivity contribution < 1.29 is 24.2 Å². The molecule has 1 aliphatic rings. The summed E-state index contributed by atoms with van der Waals surface area (Å²) in [6.07, 6.45) is -1.11. The van der Waals surface area contributed by atoms with Crippen LogP contribution in [0.2, 0.25) is 0 Å². The van der Waals surface area contributed by atoms with Crippen molar-refractivity contribution in [2.45, 2.75) is 64.9 Å². The van der Waals surface area contributed by atoms with Gasteiger partial charge >= 0.3 is 12.1 Å². The molecule has 1 fully saturated rings. The summed E-state index contributed by atoms with van der Waals surface area (Å²) in [5.41, 5.74) is -1.09. The van der Waals surface area contributed by atoms with Gasteiger partial charge in [0.25, 0.3) is 0 Å². The van der Waals surface area contributed by atoms with E-state index in [0.717, 1.165) is 0 Å². The lowest BCUT2D eigenvalue weighted by Gasteiger charge is -2.47. The van der Waals surface area contributed by atoms with E-state index in [1.165, 1.54) is 4.90 Å². The average molecular weight is 273 g/mol. The molecule has 1 saturated heterocycles. The van der Waals surface area contributed by atoms with E-state index in [-0.39, 0.29) is 6.54 Å². The fraction of sp³-hybridized carbons (Fsp3) is 0.846. The Bertz CT molecular complexity index is 366. The average Bonchev–Trinajstić information content (AvgIpc) is 2.05. The van der Waals surface area contributed by atoms with Gasteiger partial charge in [-0.1, -0.05) is 0 Å². The third-order valence-corrected chi connectivity index (χ3v) is 2.45. The maximum atomic E-state index is 11.9. The van der Waals surface area contributed by atoms with E-state index >= 15 is 0 Å². The molecule has 0 aromatic rings. The van der Waals surface area contributed by atoms with Gasteiger partial charge in [0.05, 0.1) is 12.1 Å². The molecule has 0 bridgehead atoms. The summed E-state index contributed by atoms with van der Waals surface area (Å²) in [5.74, 6) is -1.08. The molecule has 1 rings (SSSR count). The number of carboxylic acids is 1. The molecule has 0 aromatic carbocycles. The van der Waals surface area contributed by atoms with Crippen LogP contribution in [0.4, 0.5) is 4.79 Å². The second kappa shape index (κ2) is 5.00. The molecule has 1 amide bonds. The van der Waals surface area contributed by atoms with Crippen molar-refractivity contribution in [1.82, 2.24) is 4.90 Å². The minimum absolute atomic E-state index is 0.239. The summed E-state index contributed by atoms with van der Waals surface area (Å²) in [5, 5.41) is 9.19. The molecule has 0 spiro atoms. The molecule has 1 heterocycles. The number of ether oxygens (including phenoxy) is 2. The van der Waals surface area contributed by atoms with Gasteiger partial charge in [0.15, 0.2) is 6.04 Å². The van der Waals surface area contributed by atoms with E-state index in [9.17, 15) is 14.7 Å². The maximum Gasteiger partial charge on any atom is 0.411 e. The summed E-state index contributed by atoms with van der Waals surface area (Å²) in [6.45, 7) is 11.0. The first kappa shape index (κ1) is 15.8. The molecule has 2 atom stereocenters. The summed E-state index contributed by atoms with van der Waals surface area (Å²) in [4.78, 5) is 24.3. The normalized spacial score (nSPS) is 23.8. The van der Waals surface area contributed by atoms with E-state index in [0.29, 0.717) is 0 Å². The fourth-order valence-electron chi connectivity index (χ4n) is 1.83. The van der Waals surface area contributed by atoms with E-state index in [4.69, 9.17) is 9.47 Å². The van der Waals surface area contributed by atoms with Crippen LogP contribution in [0.5, 0.6) is 0 Å². The Kier molecular flexibility index (Phi) is 4.14. The number of carbonyl (C=O) groups excluding carboxylic acids is 1. The Morgan fingerprint density at radius 3 is 2.00 bits per heavy atom. The highest BCUT2D eigenvalue weighted by molar-refractivity contribution is 5.83. The number of amides is 1. The molecule has 0 radical (unpaired) electrons. The molecule has 0 unspecified atom stereocenters.